The number of rotatable bonds is 3. The van der Waals surface area contributed by atoms with E-state index in [0.717, 1.165) is 25.0 Å². The molecule has 2 fully saturated rings. The van der Waals surface area contributed by atoms with Gasteiger partial charge in [-0.25, -0.2) is 9.78 Å². The van der Waals surface area contributed by atoms with Crippen LogP contribution in [0.3, 0.4) is 0 Å². The predicted octanol–water partition coefficient (Wildman–Crippen LogP) is 3.07. The predicted molar refractivity (Wildman–Crippen MR) is 107 cm³/mol. The van der Waals surface area contributed by atoms with Gasteiger partial charge in [-0.05, 0) is 31.9 Å². The molecule has 7 nitrogen and oxygen atoms in total. The largest absolute Gasteiger partial charge is 0.377 e. The van der Waals surface area contributed by atoms with Gasteiger partial charge in [0.05, 0.1) is 11.8 Å². The number of carbonyl (C=O) groups is 1. The smallest absolute Gasteiger partial charge is 0.319 e. The number of aryl methyl sites for hydroxylation is 1. The molecular weight excluding hydrogens is 356 g/mol. The molecule has 1 aliphatic heterocycles. The fourth-order valence-corrected chi connectivity index (χ4v) is 4.58. The lowest BCUT2D eigenvalue weighted by Gasteiger charge is -2.59. The number of ether oxygens (including phenoxy) is 1. The Balaban J connectivity index is 1.40. The summed E-state index contributed by atoms with van der Waals surface area (Å²) in [6.07, 6.45) is 2.38. The molecule has 1 aromatic carbocycles. The van der Waals surface area contributed by atoms with Crippen molar-refractivity contribution in [3.8, 4) is 11.3 Å². The fourth-order valence-electron chi connectivity index (χ4n) is 4.58. The van der Waals surface area contributed by atoms with E-state index in [4.69, 9.17) is 4.74 Å². The summed E-state index contributed by atoms with van der Waals surface area (Å²) >= 11 is 0. The van der Waals surface area contributed by atoms with Gasteiger partial charge >= 0.3 is 6.03 Å². The number of hydrogen-bond acceptors (Lipinski definition) is 4. The van der Waals surface area contributed by atoms with E-state index in [1.165, 1.54) is 6.07 Å². The zero-order valence-corrected chi connectivity index (χ0v) is 16.4. The molecule has 1 aliphatic carbocycles. The first-order valence-electron chi connectivity index (χ1n) is 9.72. The Morgan fingerprint density at radius 2 is 2.04 bits per heavy atom. The molecule has 1 saturated heterocycles. The van der Waals surface area contributed by atoms with Crippen molar-refractivity contribution < 1.29 is 9.53 Å². The molecule has 3 unspecified atom stereocenters. The third-order valence-corrected chi connectivity index (χ3v) is 5.92. The molecule has 0 spiro atoms. The maximum Gasteiger partial charge on any atom is 0.319 e. The van der Waals surface area contributed by atoms with Crippen LogP contribution in [0.5, 0.6) is 0 Å². The van der Waals surface area contributed by atoms with Crippen LogP contribution in [0, 0.1) is 18.3 Å². The van der Waals surface area contributed by atoms with Crippen molar-refractivity contribution in [2.45, 2.75) is 45.8 Å². The Bertz CT molecular complexity index is 935. The normalized spacial score (nSPS) is 25.3. The molecule has 2 aromatic rings. The second-order valence-electron chi connectivity index (χ2n) is 8.29. The highest BCUT2D eigenvalue weighted by Gasteiger charge is 2.58. The maximum atomic E-state index is 12.5. The van der Waals surface area contributed by atoms with E-state index in [-0.39, 0.29) is 29.2 Å². The second kappa shape index (κ2) is 7.05. The van der Waals surface area contributed by atoms with E-state index in [1.54, 1.807) is 6.92 Å². The lowest BCUT2D eigenvalue weighted by atomic mass is 9.55. The highest BCUT2D eigenvalue weighted by molar-refractivity contribution is 5.90. The summed E-state index contributed by atoms with van der Waals surface area (Å²) in [6, 6.07) is 8.67. The minimum absolute atomic E-state index is 0.0593. The third-order valence-electron chi connectivity index (χ3n) is 5.92. The Labute approximate surface area is 163 Å². The average molecular weight is 382 g/mol. The van der Waals surface area contributed by atoms with Crippen LogP contribution in [0.1, 0.15) is 32.5 Å². The van der Waals surface area contributed by atoms with E-state index >= 15 is 0 Å². The van der Waals surface area contributed by atoms with Gasteiger partial charge in [-0.15, -0.1) is 0 Å². The zero-order chi connectivity index (χ0) is 19.9. The highest BCUT2D eigenvalue weighted by atomic mass is 16.5. The number of hydrogen-bond donors (Lipinski definition) is 3. The van der Waals surface area contributed by atoms with Gasteiger partial charge in [0.15, 0.2) is 0 Å². The first-order valence-corrected chi connectivity index (χ1v) is 9.72. The number of carbonyl (C=O) groups excluding carboxylic acids is 1. The number of aromatic amines is 1. The molecule has 3 N–H and O–H groups in total. The van der Waals surface area contributed by atoms with Gasteiger partial charge < -0.3 is 20.4 Å². The first-order chi connectivity index (χ1) is 13.3. The number of anilines is 1. The lowest BCUT2D eigenvalue weighted by molar-refractivity contribution is -0.189. The number of urea groups is 1. The van der Waals surface area contributed by atoms with Crippen molar-refractivity contribution in [2.75, 3.05) is 11.9 Å². The SMILES string of the molecule is Cc1nc(-c2ccc(NC(=O)NC3C4CCCOC4C3(C)C)cc2)cc(=O)[nH]1. The second-order valence-corrected chi connectivity index (χ2v) is 8.29. The van der Waals surface area contributed by atoms with Crippen LogP contribution in [0.2, 0.25) is 0 Å². The van der Waals surface area contributed by atoms with E-state index in [0.29, 0.717) is 23.1 Å². The van der Waals surface area contributed by atoms with Crippen molar-refractivity contribution in [3.63, 3.8) is 0 Å². The molecule has 4 rings (SSSR count). The first kappa shape index (κ1) is 18.7. The Hall–Kier alpha value is -2.67. The summed E-state index contributed by atoms with van der Waals surface area (Å²) in [4.78, 5) is 31.1. The summed E-state index contributed by atoms with van der Waals surface area (Å²) in [5, 5.41) is 6.02. The third kappa shape index (κ3) is 3.42. The van der Waals surface area contributed by atoms with Crippen LogP contribution in [-0.2, 0) is 4.74 Å². The molecule has 1 saturated carbocycles. The maximum absolute atomic E-state index is 12.5. The van der Waals surface area contributed by atoms with Gasteiger partial charge in [0.25, 0.3) is 5.56 Å². The van der Waals surface area contributed by atoms with E-state index in [9.17, 15) is 9.59 Å². The summed E-state index contributed by atoms with van der Waals surface area (Å²) in [6.45, 7) is 6.86. The fraction of sp³-hybridized carbons (Fsp3) is 0.476. The van der Waals surface area contributed by atoms with Crippen molar-refractivity contribution in [3.05, 3.63) is 46.5 Å². The van der Waals surface area contributed by atoms with Crippen LogP contribution in [0.25, 0.3) is 11.3 Å². The standard InChI is InChI=1S/C21H26N4O3/c1-12-22-16(11-17(26)23-12)13-6-8-14(9-7-13)24-20(27)25-18-15-5-4-10-28-19(15)21(18,2)3/h6-9,11,15,18-19H,4-5,10H2,1-3H3,(H,22,23,26)(H2,24,25,27). The van der Waals surface area contributed by atoms with Crippen molar-refractivity contribution in [2.24, 2.45) is 11.3 Å². The number of nitrogens with one attached hydrogen (secondary N) is 3. The highest BCUT2D eigenvalue weighted by Crippen LogP contribution is 2.51. The van der Waals surface area contributed by atoms with Crippen LogP contribution in [0.15, 0.2) is 35.1 Å². The van der Waals surface area contributed by atoms with Gasteiger partial charge in [-0.2, -0.15) is 0 Å². The Kier molecular flexibility index (Phi) is 4.71. The Morgan fingerprint density at radius 3 is 2.75 bits per heavy atom. The molecule has 0 bridgehead atoms. The summed E-state index contributed by atoms with van der Waals surface area (Å²) in [7, 11) is 0. The molecule has 0 radical (unpaired) electrons. The molecule has 148 valence electrons. The van der Waals surface area contributed by atoms with Crippen molar-refractivity contribution >= 4 is 11.7 Å². The zero-order valence-electron chi connectivity index (χ0n) is 16.4. The lowest BCUT2D eigenvalue weighted by Crippen LogP contribution is -2.70. The topological polar surface area (TPSA) is 96.1 Å². The van der Waals surface area contributed by atoms with Crippen LogP contribution < -0.4 is 16.2 Å². The van der Waals surface area contributed by atoms with Crippen LogP contribution in [-0.4, -0.2) is 34.8 Å². The van der Waals surface area contributed by atoms with E-state index in [1.807, 2.05) is 24.3 Å². The van der Waals surface area contributed by atoms with Crippen molar-refractivity contribution in [1.82, 2.24) is 15.3 Å². The van der Waals surface area contributed by atoms with Gasteiger partial charge in [0, 0.05) is 41.3 Å². The van der Waals surface area contributed by atoms with Crippen LogP contribution in [0.4, 0.5) is 10.5 Å². The molecule has 3 atom stereocenters. The molecule has 28 heavy (non-hydrogen) atoms. The average Bonchev–Trinajstić information content (AvgIpc) is 2.66. The summed E-state index contributed by atoms with van der Waals surface area (Å²) < 4.78 is 5.89. The molecule has 2 amide bonds. The molecule has 1 aromatic heterocycles. The minimum atomic E-state index is -0.208. The van der Waals surface area contributed by atoms with Gasteiger partial charge in [-0.3, -0.25) is 4.79 Å². The summed E-state index contributed by atoms with van der Waals surface area (Å²) in [5.41, 5.74) is 1.88. The quantitative estimate of drug-likeness (QED) is 0.760. The molecule has 7 heteroatoms. The molecule has 2 heterocycles. The monoisotopic (exact) mass is 382 g/mol. The molecule has 2 aliphatic rings. The van der Waals surface area contributed by atoms with E-state index < -0.39 is 0 Å². The van der Waals surface area contributed by atoms with Gasteiger partial charge in [-0.1, -0.05) is 26.0 Å². The Morgan fingerprint density at radius 1 is 1.29 bits per heavy atom. The van der Waals surface area contributed by atoms with E-state index in [2.05, 4.69) is 34.4 Å². The number of fused-ring (bicyclic) bond motifs is 1. The number of benzene rings is 1. The molecular formula is C21H26N4O3. The number of H-pyrrole nitrogens is 1. The van der Waals surface area contributed by atoms with Gasteiger partial charge in [0.2, 0.25) is 0 Å². The van der Waals surface area contributed by atoms with Gasteiger partial charge in [0.1, 0.15) is 5.82 Å². The number of nitrogens with zero attached hydrogens (tertiary/aromatic N) is 1. The summed E-state index contributed by atoms with van der Waals surface area (Å²) in [5.74, 6) is 0.958. The number of aromatic nitrogens is 2. The van der Waals surface area contributed by atoms with Crippen LogP contribution >= 0.6 is 0 Å². The van der Waals surface area contributed by atoms with Crippen molar-refractivity contribution in [1.29, 1.82) is 0 Å². The number of amides is 2. The minimum Gasteiger partial charge on any atom is -0.377 e.